The minimum atomic E-state index is -1.74. The highest BCUT2D eigenvalue weighted by Crippen LogP contribution is 2.46. The SMILES string of the molecule is C=CCCCO[C@@H]1O[C@H](COC(=O)c2ccccc2)[C@@H](O)[C@H](OC(=O)c2ccccc2)[C@H]1N1C(=O)c2c(Cl)c(Cl)c(Cl)c(Cl)c2C1=O. The summed E-state index contributed by atoms with van der Waals surface area (Å²) in [6.45, 7) is 3.23. The number of unbranched alkanes of at least 4 members (excludes halogenated alkanes) is 1. The summed E-state index contributed by atoms with van der Waals surface area (Å²) < 4.78 is 23.4. The molecule has 0 saturated carbocycles. The summed E-state index contributed by atoms with van der Waals surface area (Å²) in [7, 11) is 0. The van der Waals surface area contributed by atoms with Gasteiger partial charge in [-0.25, -0.2) is 9.59 Å². The Hall–Kier alpha value is -3.48. The number of imide groups is 1. The summed E-state index contributed by atoms with van der Waals surface area (Å²) in [6, 6.07) is 14.4. The predicted octanol–water partition coefficient (Wildman–Crippen LogP) is 6.42. The van der Waals surface area contributed by atoms with Gasteiger partial charge in [0.2, 0.25) is 0 Å². The van der Waals surface area contributed by atoms with Crippen LogP contribution in [0.25, 0.3) is 0 Å². The molecule has 14 heteroatoms. The smallest absolute Gasteiger partial charge is 0.338 e. The molecule has 1 fully saturated rings. The monoisotopic (exact) mass is 721 g/mol. The predicted molar refractivity (Wildman–Crippen MR) is 173 cm³/mol. The van der Waals surface area contributed by atoms with E-state index in [1.807, 2.05) is 0 Å². The van der Waals surface area contributed by atoms with Crippen molar-refractivity contribution >= 4 is 70.2 Å². The van der Waals surface area contributed by atoms with Crippen molar-refractivity contribution in [1.82, 2.24) is 4.90 Å². The maximum atomic E-state index is 14.0. The van der Waals surface area contributed by atoms with Gasteiger partial charge in [0, 0.05) is 0 Å². The zero-order valence-corrected chi connectivity index (χ0v) is 27.5. The molecule has 0 unspecified atom stereocenters. The van der Waals surface area contributed by atoms with Crippen LogP contribution in [0.2, 0.25) is 20.1 Å². The number of allylic oxidation sites excluding steroid dienone is 1. The minimum absolute atomic E-state index is 0.0431. The van der Waals surface area contributed by atoms with Crippen LogP contribution in [0.3, 0.4) is 0 Å². The molecule has 1 saturated heterocycles. The van der Waals surface area contributed by atoms with E-state index in [4.69, 9.17) is 65.4 Å². The molecule has 2 aliphatic heterocycles. The fourth-order valence-electron chi connectivity index (χ4n) is 5.23. The van der Waals surface area contributed by atoms with Crippen LogP contribution in [0, 0.1) is 0 Å². The van der Waals surface area contributed by atoms with Crippen molar-refractivity contribution in [3.05, 3.63) is 116 Å². The normalized spacial score (nSPS) is 22.1. The molecule has 0 spiro atoms. The largest absolute Gasteiger partial charge is 0.459 e. The molecule has 5 atom stereocenters. The summed E-state index contributed by atoms with van der Waals surface area (Å²) in [5, 5.41) is 10.5. The number of carbonyl (C=O) groups is 4. The second-order valence-electron chi connectivity index (χ2n) is 10.5. The van der Waals surface area contributed by atoms with Crippen LogP contribution in [0.5, 0.6) is 0 Å². The van der Waals surface area contributed by atoms with Gasteiger partial charge in [0.15, 0.2) is 12.4 Å². The highest BCUT2D eigenvalue weighted by Gasteiger charge is 2.57. The Morgan fingerprint density at radius 3 is 1.91 bits per heavy atom. The molecule has 246 valence electrons. The number of ether oxygens (including phenoxy) is 4. The van der Waals surface area contributed by atoms with E-state index in [0.29, 0.717) is 17.7 Å². The van der Waals surface area contributed by atoms with E-state index in [0.717, 1.165) is 0 Å². The highest BCUT2D eigenvalue weighted by atomic mass is 35.5. The zero-order chi connectivity index (χ0) is 33.8. The maximum Gasteiger partial charge on any atom is 0.338 e. The van der Waals surface area contributed by atoms with Gasteiger partial charge in [0.25, 0.3) is 11.8 Å². The van der Waals surface area contributed by atoms with Gasteiger partial charge in [-0.15, -0.1) is 6.58 Å². The van der Waals surface area contributed by atoms with Gasteiger partial charge in [0.1, 0.15) is 24.9 Å². The molecule has 2 aliphatic rings. The quantitative estimate of drug-likeness (QED) is 0.0596. The van der Waals surface area contributed by atoms with Gasteiger partial charge in [-0.3, -0.25) is 14.5 Å². The first-order valence-electron chi connectivity index (χ1n) is 14.3. The van der Waals surface area contributed by atoms with Crippen LogP contribution in [0.15, 0.2) is 73.3 Å². The number of rotatable bonds is 11. The van der Waals surface area contributed by atoms with Crippen molar-refractivity contribution in [3.8, 4) is 0 Å². The standard InChI is InChI=1S/C33H27Cl4NO9/c1-2-3-10-15-44-33-26(38-29(40)20-21(30(38)41)23(35)25(37)24(36)22(20)34)28(47-32(43)18-13-8-5-9-14-18)27(39)19(46-33)16-45-31(42)17-11-6-4-7-12-17/h2,4-9,11-14,19,26-28,33,39H,1,3,10,15-16H2/t19-,26-,27-,28-,33-/m1/s1. The molecule has 0 aliphatic carbocycles. The van der Waals surface area contributed by atoms with Gasteiger partial charge in [-0.1, -0.05) is 88.9 Å². The lowest BCUT2D eigenvalue weighted by Gasteiger charge is -2.46. The lowest BCUT2D eigenvalue weighted by molar-refractivity contribution is -0.278. The Morgan fingerprint density at radius 2 is 1.38 bits per heavy atom. The average Bonchev–Trinajstić information content (AvgIpc) is 3.35. The summed E-state index contributed by atoms with van der Waals surface area (Å²) in [6.07, 6.45) is -3.54. The van der Waals surface area contributed by atoms with Crippen molar-refractivity contribution in [3.63, 3.8) is 0 Å². The van der Waals surface area contributed by atoms with Crippen molar-refractivity contribution < 1.29 is 43.2 Å². The molecule has 5 rings (SSSR count). The fourth-order valence-corrected chi connectivity index (χ4v) is 6.25. The number of halogens is 4. The van der Waals surface area contributed by atoms with Crippen LogP contribution >= 0.6 is 46.4 Å². The molecule has 2 heterocycles. The van der Waals surface area contributed by atoms with E-state index >= 15 is 0 Å². The van der Waals surface area contributed by atoms with Crippen molar-refractivity contribution in [1.29, 1.82) is 0 Å². The molecule has 10 nitrogen and oxygen atoms in total. The number of benzene rings is 3. The summed E-state index contributed by atoms with van der Waals surface area (Å²) in [4.78, 5) is 54.8. The van der Waals surface area contributed by atoms with E-state index in [1.165, 1.54) is 12.1 Å². The van der Waals surface area contributed by atoms with Gasteiger partial charge < -0.3 is 24.1 Å². The number of carbonyl (C=O) groups excluding carboxylic acids is 4. The molecule has 0 aromatic heterocycles. The van der Waals surface area contributed by atoms with Gasteiger partial charge >= 0.3 is 11.9 Å². The van der Waals surface area contributed by atoms with Crippen molar-refractivity contribution in [2.24, 2.45) is 0 Å². The lowest BCUT2D eigenvalue weighted by Crippen LogP contribution is -2.67. The Kier molecular flexibility index (Phi) is 11.2. The molecule has 47 heavy (non-hydrogen) atoms. The van der Waals surface area contributed by atoms with E-state index in [1.54, 1.807) is 54.6 Å². The Morgan fingerprint density at radius 1 is 0.851 bits per heavy atom. The second kappa shape index (κ2) is 15.2. The van der Waals surface area contributed by atoms with E-state index in [9.17, 15) is 24.3 Å². The first-order chi connectivity index (χ1) is 22.6. The van der Waals surface area contributed by atoms with Crippen LogP contribution in [-0.4, -0.2) is 77.6 Å². The zero-order valence-electron chi connectivity index (χ0n) is 24.4. The number of hydrogen-bond acceptors (Lipinski definition) is 9. The molecule has 3 aromatic carbocycles. The summed E-state index contributed by atoms with van der Waals surface area (Å²) in [5.74, 6) is -3.52. The van der Waals surface area contributed by atoms with Gasteiger partial charge in [-0.05, 0) is 37.1 Å². The van der Waals surface area contributed by atoms with Crippen molar-refractivity contribution in [2.75, 3.05) is 13.2 Å². The Labute approximate surface area is 289 Å². The number of esters is 2. The number of fused-ring (bicyclic) bond motifs is 1. The van der Waals surface area contributed by atoms with E-state index in [2.05, 4.69) is 6.58 Å². The second-order valence-corrected chi connectivity index (χ2v) is 12.0. The third kappa shape index (κ3) is 7.05. The van der Waals surface area contributed by atoms with Gasteiger partial charge in [-0.2, -0.15) is 0 Å². The lowest BCUT2D eigenvalue weighted by atomic mass is 9.95. The third-order valence-electron chi connectivity index (χ3n) is 7.55. The first kappa shape index (κ1) is 34.8. The molecule has 0 bridgehead atoms. The summed E-state index contributed by atoms with van der Waals surface area (Å²) in [5.41, 5.74) is -0.296. The Bertz CT molecular complexity index is 1640. The average molecular weight is 723 g/mol. The number of amides is 2. The minimum Gasteiger partial charge on any atom is -0.459 e. The van der Waals surface area contributed by atoms with E-state index < -0.39 is 61.0 Å². The number of aliphatic hydroxyl groups excluding tert-OH is 1. The van der Waals surface area contributed by atoms with Crippen LogP contribution in [-0.2, 0) is 18.9 Å². The third-order valence-corrected chi connectivity index (χ3v) is 9.35. The van der Waals surface area contributed by atoms with Crippen LogP contribution in [0.1, 0.15) is 54.3 Å². The number of aliphatic hydroxyl groups is 1. The van der Waals surface area contributed by atoms with Crippen molar-refractivity contribution in [2.45, 2.75) is 43.5 Å². The van der Waals surface area contributed by atoms with Gasteiger partial charge in [0.05, 0.1) is 49.0 Å². The number of hydrogen-bond donors (Lipinski definition) is 1. The molecule has 1 N–H and O–H groups in total. The Balaban J connectivity index is 1.54. The summed E-state index contributed by atoms with van der Waals surface area (Å²) >= 11 is 25.2. The first-order valence-corrected chi connectivity index (χ1v) is 15.9. The topological polar surface area (TPSA) is 129 Å². The molecular formula is C33H27Cl4NO9. The van der Waals surface area contributed by atoms with Crippen LogP contribution in [0.4, 0.5) is 0 Å². The maximum absolute atomic E-state index is 14.0. The molecule has 2 amide bonds. The molecule has 3 aromatic rings. The van der Waals surface area contributed by atoms with Crippen LogP contribution < -0.4 is 0 Å². The fraction of sp³-hybridized carbons (Fsp3) is 0.273. The molecule has 0 radical (unpaired) electrons. The number of nitrogens with zero attached hydrogens (tertiary/aromatic N) is 1. The van der Waals surface area contributed by atoms with E-state index in [-0.39, 0.29) is 49.0 Å². The molecular weight excluding hydrogens is 696 g/mol. The highest BCUT2D eigenvalue weighted by molar-refractivity contribution is 6.55.